The summed E-state index contributed by atoms with van der Waals surface area (Å²) in [6.45, 7) is 6.59. The van der Waals surface area contributed by atoms with Crippen LogP contribution in [0.5, 0.6) is 0 Å². The van der Waals surface area contributed by atoms with E-state index in [9.17, 15) is 0 Å². The SMILES string of the molecule is CC1(C)[C@@H]2CC=C(CCOC3CCCCO3)[C@@H]1C2. The molecule has 0 aromatic carbocycles. The minimum Gasteiger partial charge on any atom is -0.353 e. The first kappa shape index (κ1) is 12.7. The van der Waals surface area contributed by atoms with E-state index in [0.29, 0.717) is 5.41 Å². The normalized spacial score (nSPS) is 37.9. The van der Waals surface area contributed by atoms with E-state index in [1.165, 1.54) is 25.7 Å². The zero-order valence-electron chi connectivity index (χ0n) is 11.8. The molecule has 1 unspecified atom stereocenters. The number of hydrogen-bond donors (Lipinski definition) is 0. The predicted molar refractivity (Wildman–Crippen MR) is 72.2 cm³/mol. The van der Waals surface area contributed by atoms with E-state index in [1.54, 1.807) is 5.57 Å². The lowest BCUT2D eigenvalue weighted by molar-refractivity contribution is -0.162. The molecular formula is C16H26O2. The standard InChI is InChI=1S/C16H26O2/c1-16(2)13-7-6-12(14(16)11-13)8-10-18-15-5-3-4-9-17-15/h6,13-15H,3-5,7-11H2,1-2H3/t13-,14+,15?/m1/s1. The third kappa shape index (κ3) is 2.25. The van der Waals surface area contributed by atoms with Crippen LogP contribution in [-0.4, -0.2) is 19.5 Å². The van der Waals surface area contributed by atoms with Gasteiger partial charge in [-0.05, 0) is 55.8 Å². The predicted octanol–water partition coefficient (Wildman–Crippen LogP) is 3.91. The zero-order chi connectivity index (χ0) is 12.6. The molecule has 0 N–H and O–H groups in total. The van der Waals surface area contributed by atoms with Crippen molar-refractivity contribution in [2.75, 3.05) is 13.2 Å². The molecule has 1 aliphatic heterocycles. The van der Waals surface area contributed by atoms with Gasteiger partial charge in [-0.25, -0.2) is 0 Å². The van der Waals surface area contributed by atoms with Crippen LogP contribution in [0.3, 0.4) is 0 Å². The second-order valence-corrected chi connectivity index (χ2v) is 6.74. The van der Waals surface area contributed by atoms with Gasteiger partial charge in [-0.1, -0.05) is 25.5 Å². The Kier molecular flexibility index (Phi) is 3.50. The van der Waals surface area contributed by atoms with Crippen LogP contribution in [0.25, 0.3) is 0 Å². The van der Waals surface area contributed by atoms with Gasteiger partial charge in [-0.3, -0.25) is 0 Å². The van der Waals surface area contributed by atoms with E-state index in [1.807, 2.05) is 0 Å². The lowest BCUT2D eigenvalue weighted by Crippen LogP contribution is -2.48. The first-order chi connectivity index (χ1) is 8.68. The molecule has 18 heavy (non-hydrogen) atoms. The average molecular weight is 250 g/mol. The molecule has 2 heteroatoms. The summed E-state index contributed by atoms with van der Waals surface area (Å²) < 4.78 is 11.5. The lowest BCUT2D eigenvalue weighted by atomic mass is 9.48. The fourth-order valence-electron chi connectivity index (χ4n) is 3.91. The Balaban J connectivity index is 1.45. The van der Waals surface area contributed by atoms with Crippen LogP contribution in [0.2, 0.25) is 0 Å². The van der Waals surface area contributed by atoms with E-state index in [0.717, 1.165) is 37.9 Å². The van der Waals surface area contributed by atoms with Gasteiger partial charge in [-0.15, -0.1) is 0 Å². The summed E-state index contributed by atoms with van der Waals surface area (Å²) in [4.78, 5) is 0. The molecule has 2 fully saturated rings. The molecule has 4 rings (SSSR count). The molecule has 3 atom stereocenters. The van der Waals surface area contributed by atoms with Crippen LogP contribution in [-0.2, 0) is 9.47 Å². The van der Waals surface area contributed by atoms with Gasteiger partial charge in [0.15, 0.2) is 6.29 Å². The summed E-state index contributed by atoms with van der Waals surface area (Å²) in [6, 6.07) is 0. The molecule has 2 bridgehead atoms. The van der Waals surface area contributed by atoms with Crippen molar-refractivity contribution in [1.82, 2.24) is 0 Å². The lowest BCUT2D eigenvalue weighted by Gasteiger charge is -2.56. The van der Waals surface area contributed by atoms with Gasteiger partial charge in [0.25, 0.3) is 0 Å². The van der Waals surface area contributed by atoms with E-state index in [4.69, 9.17) is 9.47 Å². The molecule has 102 valence electrons. The number of ether oxygens (including phenoxy) is 2. The monoisotopic (exact) mass is 250 g/mol. The Morgan fingerprint density at radius 1 is 1.39 bits per heavy atom. The van der Waals surface area contributed by atoms with E-state index >= 15 is 0 Å². The average Bonchev–Trinajstić information content (AvgIpc) is 2.40. The number of fused-ring (bicyclic) bond motifs is 1. The molecule has 1 heterocycles. The molecule has 2 nitrogen and oxygen atoms in total. The summed E-state index contributed by atoms with van der Waals surface area (Å²) >= 11 is 0. The smallest absolute Gasteiger partial charge is 0.157 e. The van der Waals surface area contributed by atoms with Crippen molar-refractivity contribution >= 4 is 0 Å². The maximum atomic E-state index is 5.86. The third-order valence-corrected chi connectivity index (χ3v) is 5.42. The van der Waals surface area contributed by atoms with E-state index in [2.05, 4.69) is 19.9 Å². The first-order valence-electron chi connectivity index (χ1n) is 7.60. The second-order valence-electron chi connectivity index (χ2n) is 6.74. The van der Waals surface area contributed by atoms with Crippen molar-refractivity contribution in [2.24, 2.45) is 17.3 Å². The van der Waals surface area contributed by atoms with Gasteiger partial charge in [0.2, 0.25) is 0 Å². The van der Waals surface area contributed by atoms with Gasteiger partial charge >= 0.3 is 0 Å². The highest BCUT2D eigenvalue weighted by atomic mass is 16.7. The molecule has 0 aromatic rings. The van der Waals surface area contributed by atoms with Crippen molar-refractivity contribution in [1.29, 1.82) is 0 Å². The summed E-state index contributed by atoms with van der Waals surface area (Å²) in [5.74, 6) is 1.76. The Bertz CT molecular complexity index is 326. The molecule has 1 saturated carbocycles. The van der Waals surface area contributed by atoms with Gasteiger partial charge < -0.3 is 9.47 Å². The van der Waals surface area contributed by atoms with Crippen LogP contribution < -0.4 is 0 Å². The fraction of sp³-hybridized carbons (Fsp3) is 0.875. The fourth-order valence-corrected chi connectivity index (χ4v) is 3.91. The number of allylic oxidation sites excluding steroid dienone is 1. The molecule has 3 aliphatic carbocycles. The Hall–Kier alpha value is -0.340. The molecule has 0 amide bonds. The highest BCUT2D eigenvalue weighted by Crippen LogP contribution is 2.59. The second kappa shape index (κ2) is 4.97. The molecule has 0 aromatic heterocycles. The minimum atomic E-state index is 0.0742. The molecule has 1 saturated heterocycles. The van der Waals surface area contributed by atoms with Crippen molar-refractivity contribution in [3.05, 3.63) is 11.6 Å². The van der Waals surface area contributed by atoms with Gasteiger partial charge in [0.1, 0.15) is 0 Å². The van der Waals surface area contributed by atoms with E-state index < -0.39 is 0 Å². The van der Waals surface area contributed by atoms with E-state index in [-0.39, 0.29) is 6.29 Å². The largest absolute Gasteiger partial charge is 0.353 e. The topological polar surface area (TPSA) is 18.5 Å². The Labute approximate surface area is 111 Å². The van der Waals surface area contributed by atoms with Gasteiger partial charge in [0.05, 0.1) is 6.61 Å². The highest BCUT2D eigenvalue weighted by molar-refractivity contribution is 5.23. The highest BCUT2D eigenvalue weighted by Gasteiger charge is 2.50. The van der Waals surface area contributed by atoms with Gasteiger partial charge in [0, 0.05) is 6.61 Å². The summed E-state index contributed by atoms with van der Waals surface area (Å²) in [7, 11) is 0. The Morgan fingerprint density at radius 3 is 2.94 bits per heavy atom. The minimum absolute atomic E-state index is 0.0742. The van der Waals surface area contributed by atoms with Crippen molar-refractivity contribution in [3.8, 4) is 0 Å². The van der Waals surface area contributed by atoms with Crippen LogP contribution in [0.4, 0.5) is 0 Å². The number of hydrogen-bond acceptors (Lipinski definition) is 2. The van der Waals surface area contributed by atoms with Crippen LogP contribution in [0.15, 0.2) is 11.6 Å². The van der Waals surface area contributed by atoms with Crippen LogP contribution >= 0.6 is 0 Å². The zero-order valence-corrected chi connectivity index (χ0v) is 11.8. The molecule has 0 spiro atoms. The van der Waals surface area contributed by atoms with Crippen molar-refractivity contribution in [3.63, 3.8) is 0 Å². The maximum absolute atomic E-state index is 5.86. The Morgan fingerprint density at radius 2 is 2.28 bits per heavy atom. The maximum Gasteiger partial charge on any atom is 0.157 e. The molecule has 0 radical (unpaired) electrons. The summed E-state index contributed by atoms with van der Waals surface area (Å²) in [5, 5.41) is 0. The van der Waals surface area contributed by atoms with Crippen LogP contribution in [0, 0.1) is 17.3 Å². The molecular weight excluding hydrogens is 224 g/mol. The summed E-state index contributed by atoms with van der Waals surface area (Å²) in [6.07, 6.45) is 9.90. The van der Waals surface area contributed by atoms with Crippen molar-refractivity contribution in [2.45, 2.75) is 58.7 Å². The quantitative estimate of drug-likeness (QED) is 0.704. The summed E-state index contributed by atoms with van der Waals surface area (Å²) in [5.41, 5.74) is 2.20. The molecule has 4 aliphatic rings. The first-order valence-corrected chi connectivity index (χ1v) is 7.60. The van der Waals surface area contributed by atoms with Crippen molar-refractivity contribution < 1.29 is 9.47 Å². The third-order valence-electron chi connectivity index (χ3n) is 5.42. The number of rotatable bonds is 4. The van der Waals surface area contributed by atoms with Crippen LogP contribution in [0.1, 0.15) is 52.4 Å². The van der Waals surface area contributed by atoms with Gasteiger partial charge in [-0.2, -0.15) is 0 Å².